The molecular formula is C13H20N2OS. The van der Waals surface area contributed by atoms with Crippen molar-refractivity contribution in [2.45, 2.75) is 45.7 Å². The number of Topliss-reactive ketones (excluding diaryl/α,β-unsaturated/α-hetero) is 1. The van der Waals surface area contributed by atoms with Gasteiger partial charge in [0.15, 0.2) is 0 Å². The molecule has 0 bridgehead atoms. The number of piperidine rings is 1. The Hall–Kier alpha value is -0.740. The molecular weight excluding hydrogens is 232 g/mol. The molecule has 1 fully saturated rings. The molecule has 3 nitrogen and oxygen atoms in total. The lowest BCUT2D eigenvalue weighted by Gasteiger charge is -2.46. The van der Waals surface area contributed by atoms with Gasteiger partial charge >= 0.3 is 0 Å². The molecule has 2 unspecified atom stereocenters. The Labute approximate surface area is 107 Å². The molecule has 0 aliphatic carbocycles. The smallest absolute Gasteiger partial charge is 0.138 e. The first kappa shape index (κ1) is 12.7. The summed E-state index contributed by atoms with van der Waals surface area (Å²) >= 11 is 1.69. The van der Waals surface area contributed by atoms with Crippen LogP contribution in [0.25, 0.3) is 0 Å². The van der Waals surface area contributed by atoms with E-state index in [4.69, 9.17) is 0 Å². The first-order valence-electron chi connectivity index (χ1n) is 6.14. The average Bonchev–Trinajstić information content (AvgIpc) is 2.79. The lowest BCUT2D eigenvalue weighted by molar-refractivity contribution is -0.130. The van der Waals surface area contributed by atoms with Crippen molar-refractivity contribution in [2.75, 3.05) is 6.54 Å². The van der Waals surface area contributed by atoms with Crippen LogP contribution in [0.1, 0.15) is 39.1 Å². The molecule has 0 radical (unpaired) electrons. The fraction of sp³-hybridized carbons (Fsp3) is 0.692. The minimum absolute atomic E-state index is 0.0808. The lowest BCUT2D eigenvalue weighted by Crippen LogP contribution is -2.54. The Bertz CT molecular complexity index is 400. The number of likely N-dealkylation sites (tertiary alicyclic amines) is 1. The molecule has 0 N–H and O–H groups in total. The van der Waals surface area contributed by atoms with Gasteiger partial charge in [0.05, 0.1) is 5.54 Å². The summed E-state index contributed by atoms with van der Waals surface area (Å²) in [7, 11) is 0. The van der Waals surface area contributed by atoms with Crippen molar-refractivity contribution in [3.05, 3.63) is 16.6 Å². The standard InChI is InChI=1S/C13H20N2OS/c1-9-10(2)15(7-5-11(9)16)13(3,4)12-14-6-8-17-12/h6,8-10H,5,7H2,1-4H3. The highest BCUT2D eigenvalue weighted by molar-refractivity contribution is 7.09. The summed E-state index contributed by atoms with van der Waals surface area (Å²) < 4.78 is 0. The molecule has 1 aliphatic heterocycles. The Morgan fingerprint density at radius 1 is 1.47 bits per heavy atom. The van der Waals surface area contributed by atoms with Crippen LogP contribution in [0.3, 0.4) is 0 Å². The molecule has 94 valence electrons. The highest BCUT2D eigenvalue weighted by Gasteiger charge is 2.40. The zero-order chi connectivity index (χ0) is 12.6. The zero-order valence-corrected chi connectivity index (χ0v) is 11.8. The normalized spacial score (nSPS) is 27.4. The molecule has 0 spiro atoms. The number of carbonyl (C=O) groups excluding carboxylic acids is 1. The number of hydrogen-bond acceptors (Lipinski definition) is 4. The number of carbonyl (C=O) groups is 1. The van der Waals surface area contributed by atoms with Crippen molar-refractivity contribution in [3.63, 3.8) is 0 Å². The molecule has 2 heterocycles. The first-order chi connectivity index (χ1) is 7.94. The van der Waals surface area contributed by atoms with Gasteiger partial charge in [0, 0.05) is 36.5 Å². The van der Waals surface area contributed by atoms with E-state index in [-0.39, 0.29) is 17.5 Å². The van der Waals surface area contributed by atoms with E-state index < -0.39 is 0 Å². The van der Waals surface area contributed by atoms with Crippen molar-refractivity contribution in [2.24, 2.45) is 5.92 Å². The van der Waals surface area contributed by atoms with Crippen molar-refractivity contribution in [1.29, 1.82) is 0 Å². The summed E-state index contributed by atoms with van der Waals surface area (Å²) in [6, 6.07) is 0.287. The molecule has 0 saturated carbocycles. The maximum absolute atomic E-state index is 11.7. The molecule has 1 aliphatic rings. The van der Waals surface area contributed by atoms with Crippen molar-refractivity contribution in [1.82, 2.24) is 9.88 Å². The van der Waals surface area contributed by atoms with E-state index in [2.05, 4.69) is 30.7 Å². The van der Waals surface area contributed by atoms with Gasteiger partial charge in [-0.2, -0.15) is 0 Å². The third-order valence-corrected chi connectivity index (χ3v) is 5.08. The second kappa shape index (κ2) is 4.50. The van der Waals surface area contributed by atoms with Gasteiger partial charge in [0.25, 0.3) is 0 Å². The summed E-state index contributed by atoms with van der Waals surface area (Å²) in [4.78, 5) is 18.6. The number of thiazole rings is 1. The number of aromatic nitrogens is 1. The molecule has 1 aromatic rings. The van der Waals surface area contributed by atoms with Crippen LogP contribution >= 0.6 is 11.3 Å². The maximum Gasteiger partial charge on any atom is 0.138 e. The Balaban J connectivity index is 2.25. The van der Waals surface area contributed by atoms with Crippen molar-refractivity contribution in [3.8, 4) is 0 Å². The summed E-state index contributed by atoms with van der Waals surface area (Å²) in [6.45, 7) is 9.43. The number of nitrogens with zero attached hydrogens (tertiary/aromatic N) is 2. The average molecular weight is 252 g/mol. The minimum atomic E-state index is -0.0808. The fourth-order valence-corrected chi connectivity index (χ4v) is 3.42. The summed E-state index contributed by atoms with van der Waals surface area (Å²) in [5.41, 5.74) is -0.0808. The number of hydrogen-bond donors (Lipinski definition) is 0. The molecule has 17 heavy (non-hydrogen) atoms. The Morgan fingerprint density at radius 3 is 2.76 bits per heavy atom. The molecule has 1 aromatic heterocycles. The predicted octanol–water partition coefficient (Wildman–Crippen LogP) is 2.68. The second-order valence-corrected chi connectivity index (χ2v) is 6.23. The van der Waals surface area contributed by atoms with E-state index in [1.807, 2.05) is 18.5 Å². The lowest BCUT2D eigenvalue weighted by atomic mass is 9.86. The molecule has 0 aromatic carbocycles. The molecule has 4 heteroatoms. The van der Waals surface area contributed by atoms with Crippen molar-refractivity contribution >= 4 is 17.1 Å². The van der Waals surface area contributed by atoms with Crippen molar-refractivity contribution < 1.29 is 4.79 Å². The predicted molar refractivity (Wildman–Crippen MR) is 70.1 cm³/mol. The van der Waals surface area contributed by atoms with E-state index in [9.17, 15) is 4.79 Å². The van der Waals surface area contributed by atoms with E-state index >= 15 is 0 Å². The van der Waals surface area contributed by atoms with E-state index in [0.717, 1.165) is 11.6 Å². The SMILES string of the molecule is CC1C(=O)CCN(C(C)(C)c2nccs2)C1C. The van der Waals surface area contributed by atoms with Crippen LogP contribution in [0.15, 0.2) is 11.6 Å². The molecule has 0 amide bonds. The number of rotatable bonds is 2. The van der Waals surface area contributed by atoms with Crippen LogP contribution < -0.4 is 0 Å². The van der Waals surface area contributed by atoms with Crippen LogP contribution in [0, 0.1) is 5.92 Å². The minimum Gasteiger partial charge on any atom is -0.299 e. The maximum atomic E-state index is 11.7. The zero-order valence-electron chi connectivity index (χ0n) is 10.9. The van der Waals surface area contributed by atoms with E-state index in [1.54, 1.807) is 11.3 Å². The third kappa shape index (κ3) is 2.16. The highest BCUT2D eigenvalue weighted by Crippen LogP contribution is 2.35. The van der Waals surface area contributed by atoms with E-state index in [0.29, 0.717) is 12.2 Å². The van der Waals surface area contributed by atoms with Gasteiger partial charge in [0.1, 0.15) is 10.8 Å². The highest BCUT2D eigenvalue weighted by atomic mass is 32.1. The van der Waals surface area contributed by atoms with Crippen LogP contribution in [0.5, 0.6) is 0 Å². The summed E-state index contributed by atoms with van der Waals surface area (Å²) in [5.74, 6) is 0.520. The molecule has 2 rings (SSSR count). The van der Waals surface area contributed by atoms with Gasteiger partial charge in [-0.1, -0.05) is 6.92 Å². The van der Waals surface area contributed by atoms with Crippen LogP contribution in [0.2, 0.25) is 0 Å². The Kier molecular flexibility index (Phi) is 3.36. The first-order valence-corrected chi connectivity index (χ1v) is 7.02. The number of ketones is 1. The summed E-state index contributed by atoms with van der Waals surface area (Å²) in [6.07, 6.45) is 2.52. The van der Waals surface area contributed by atoms with Crippen LogP contribution in [0.4, 0.5) is 0 Å². The van der Waals surface area contributed by atoms with Crippen LogP contribution in [-0.4, -0.2) is 28.3 Å². The van der Waals surface area contributed by atoms with Crippen LogP contribution in [-0.2, 0) is 10.3 Å². The quantitative estimate of drug-likeness (QED) is 0.811. The van der Waals surface area contributed by atoms with Gasteiger partial charge in [0.2, 0.25) is 0 Å². The van der Waals surface area contributed by atoms with Gasteiger partial charge < -0.3 is 0 Å². The molecule has 1 saturated heterocycles. The van der Waals surface area contributed by atoms with E-state index in [1.165, 1.54) is 0 Å². The van der Waals surface area contributed by atoms with Gasteiger partial charge in [-0.3, -0.25) is 9.69 Å². The molecule has 2 atom stereocenters. The topological polar surface area (TPSA) is 33.2 Å². The Morgan fingerprint density at radius 2 is 2.18 bits per heavy atom. The second-order valence-electron chi connectivity index (χ2n) is 5.34. The van der Waals surface area contributed by atoms with Gasteiger partial charge in [-0.15, -0.1) is 11.3 Å². The largest absolute Gasteiger partial charge is 0.299 e. The monoisotopic (exact) mass is 252 g/mol. The summed E-state index contributed by atoms with van der Waals surface area (Å²) in [5, 5.41) is 3.14. The third-order valence-electron chi connectivity index (χ3n) is 4.00. The van der Waals surface area contributed by atoms with Gasteiger partial charge in [-0.05, 0) is 20.8 Å². The van der Waals surface area contributed by atoms with Gasteiger partial charge in [-0.25, -0.2) is 4.98 Å². The fourth-order valence-electron chi connectivity index (χ4n) is 2.64.